The van der Waals surface area contributed by atoms with Crippen molar-refractivity contribution in [3.63, 3.8) is 0 Å². The summed E-state index contributed by atoms with van der Waals surface area (Å²) in [5, 5.41) is 0.447. The molecule has 0 N–H and O–H groups in total. The lowest BCUT2D eigenvalue weighted by molar-refractivity contribution is 0.626. The van der Waals surface area contributed by atoms with Gasteiger partial charge in [-0.05, 0) is 18.2 Å². The average Bonchev–Trinajstić information content (AvgIpc) is 1.98. The van der Waals surface area contributed by atoms with Gasteiger partial charge in [-0.3, -0.25) is 0 Å². The van der Waals surface area contributed by atoms with E-state index in [1.54, 1.807) is 0 Å². The molecule has 0 fully saturated rings. The van der Waals surface area contributed by atoms with Gasteiger partial charge in [-0.2, -0.15) is 0 Å². The van der Waals surface area contributed by atoms with Crippen molar-refractivity contribution in [2.75, 3.05) is 0 Å². The first-order valence-corrected chi connectivity index (χ1v) is 3.39. The van der Waals surface area contributed by atoms with Crippen molar-refractivity contribution in [2.45, 2.75) is 6.54 Å². The molecule has 0 aliphatic heterocycles. The molecule has 11 heavy (non-hydrogen) atoms. The Bertz CT molecular complexity index is 303. The normalized spacial score (nSPS) is 9.18. The third-order valence-corrected chi connectivity index (χ3v) is 1.63. The SMILES string of the molecule is [C-]#[N+]Cc1cc(F)ccc1Cl. The molecule has 0 atom stereocenters. The maximum Gasteiger partial charge on any atom is 0.241 e. The fourth-order valence-electron chi connectivity index (χ4n) is 0.750. The molecular weight excluding hydrogens is 165 g/mol. The highest BCUT2D eigenvalue weighted by Crippen LogP contribution is 2.17. The first-order chi connectivity index (χ1) is 5.24. The molecule has 0 radical (unpaired) electrons. The van der Waals surface area contributed by atoms with E-state index in [2.05, 4.69) is 4.85 Å². The van der Waals surface area contributed by atoms with E-state index in [0.29, 0.717) is 10.6 Å². The van der Waals surface area contributed by atoms with Crippen LogP contribution in [0.25, 0.3) is 4.85 Å². The largest absolute Gasteiger partial charge is 0.312 e. The number of rotatable bonds is 1. The molecule has 0 amide bonds. The molecule has 0 aliphatic rings. The maximum absolute atomic E-state index is 12.5. The first kappa shape index (κ1) is 8.03. The summed E-state index contributed by atoms with van der Waals surface area (Å²) in [4.78, 5) is 3.11. The monoisotopic (exact) mass is 169 g/mol. The van der Waals surface area contributed by atoms with E-state index >= 15 is 0 Å². The minimum absolute atomic E-state index is 0.136. The van der Waals surface area contributed by atoms with Crippen LogP contribution in [-0.2, 0) is 6.54 Å². The van der Waals surface area contributed by atoms with Crippen molar-refractivity contribution in [1.82, 2.24) is 0 Å². The minimum atomic E-state index is -0.354. The van der Waals surface area contributed by atoms with Gasteiger partial charge in [0.25, 0.3) is 0 Å². The van der Waals surface area contributed by atoms with Crippen LogP contribution >= 0.6 is 11.6 Å². The summed E-state index contributed by atoms with van der Waals surface area (Å²) in [6.45, 7) is 6.69. The molecule has 0 aliphatic carbocycles. The van der Waals surface area contributed by atoms with E-state index in [-0.39, 0.29) is 12.4 Å². The zero-order chi connectivity index (χ0) is 8.27. The first-order valence-electron chi connectivity index (χ1n) is 3.01. The maximum atomic E-state index is 12.5. The van der Waals surface area contributed by atoms with Crippen LogP contribution in [0.1, 0.15) is 5.56 Å². The van der Waals surface area contributed by atoms with Crippen LogP contribution in [0.4, 0.5) is 4.39 Å². The quantitative estimate of drug-likeness (QED) is 0.570. The van der Waals surface area contributed by atoms with E-state index in [0.717, 1.165) is 0 Å². The number of benzene rings is 1. The molecule has 1 nitrogen and oxygen atoms in total. The Morgan fingerprint density at radius 2 is 2.27 bits per heavy atom. The van der Waals surface area contributed by atoms with E-state index < -0.39 is 0 Å². The summed E-state index contributed by atoms with van der Waals surface area (Å²) in [5.74, 6) is -0.354. The summed E-state index contributed by atoms with van der Waals surface area (Å²) in [7, 11) is 0. The molecule has 0 unspecified atom stereocenters. The predicted molar refractivity (Wildman–Crippen MR) is 41.7 cm³/mol. The predicted octanol–water partition coefficient (Wildman–Crippen LogP) is 2.90. The molecule has 0 heterocycles. The van der Waals surface area contributed by atoms with Crippen molar-refractivity contribution in [3.05, 3.63) is 46.0 Å². The molecular formula is C8H5ClFN. The van der Waals surface area contributed by atoms with E-state index in [1.807, 2.05) is 0 Å². The van der Waals surface area contributed by atoms with Crippen molar-refractivity contribution >= 4 is 11.6 Å². The average molecular weight is 170 g/mol. The lowest BCUT2D eigenvalue weighted by atomic mass is 10.2. The van der Waals surface area contributed by atoms with Gasteiger partial charge >= 0.3 is 0 Å². The van der Waals surface area contributed by atoms with Crippen molar-refractivity contribution in [2.24, 2.45) is 0 Å². The second kappa shape index (κ2) is 3.36. The van der Waals surface area contributed by atoms with Crippen LogP contribution in [0.2, 0.25) is 5.02 Å². The lowest BCUT2D eigenvalue weighted by Crippen LogP contribution is -1.83. The van der Waals surface area contributed by atoms with E-state index in [4.69, 9.17) is 18.2 Å². The van der Waals surface area contributed by atoms with Gasteiger partial charge in [-0.1, -0.05) is 11.6 Å². The van der Waals surface area contributed by atoms with Gasteiger partial charge in [0, 0.05) is 0 Å². The molecule has 0 spiro atoms. The zero-order valence-electron chi connectivity index (χ0n) is 5.64. The van der Waals surface area contributed by atoms with Crippen molar-refractivity contribution in [1.29, 1.82) is 0 Å². The highest BCUT2D eigenvalue weighted by molar-refractivity contribution is 6.31. The Balaban J connectivity index is 3.05. The molecule has 0 bridgehead atoms. The summed E-state index contributed by atoms with van der Waals surface area (Å²) in [6, 6.07) is 4.01. The summed E-state index contributed by atoms with van der Waals surface area (Å²) >= 11 is 5.66. The minimum Gasteiger partial charge on any atom is -0.312 e. The van der Waals surface area contributed by atoms with Crippen LogP contribution in [0.5, 0.6) is 0 Å². The van der Waals surface area contributed by atoms with Gasteiger partial charge < -0.3 is 4.85 Å². The Kier molecular flexibility index (Phi) is 2.45. The van der Waals surface area contributed by atoms with Crippen LogP contribution in [0, 0.1) is 12.4 Å². The summed E-state index contributed by atoms with van der Waals surface area (Å²) in [5.41, 5.74) is 0.543. The van der Waals surface area contributed by atoms with Gasteiger partial charge in [-0.15, -0.1) is 0 Å². The Labute approximate surface area is 69.2 Å². The van der Waals surface area contributed by atoms with Crippen LogP contribution in [0.15, 0.2) is 18.2 Å². The van der Waals surface area contributed by atoms with E-state index in [1.165, 1.54) is 18.2 Å². The molecule has 3 heteroatoms. The van der Waals surface area contributed by atoms with Crippen LogP contribution in [-0.4, -0.2) is 0 Å². The fourth-order valence-corrected chi connectivity index (χ4v) is 0.927. The molecule has 1 aromatic carbocycles. The summed E-state index contributed by atoms with van der Waals surface area (Å²) in [6.07, 6.45) is 0. The fraction of sp³-hybridized carbons (Fsp3) is 0.125. The van der Waals surface area contributed by atoms with Crippen LogP contribution < -0.4 is 0 Å². The molecule has 56 valence electrons. The Hall–Kier alpha value is -1.07. The molecule has 1 aromatic rings. The second-order valence-electron chi connectivity index (χ2n) is 2.05. The highest BCUT2D eigenvalue weighted by Gasteiger charge is 2.02. The Morgan fingerprint density at radius 3 is 2.91 bits per heavy atom. The van der Waals surface area contributed by atoms with Gasteiger partial charge in [0.1, 0.15) is 5.82 Å². The van der Waals surface area contributed by atoms with Gasteiger partial charge in [-0.25, -0.2) is 11.0 Å². The third-order valence-electron chi connectivity index (χ3n) is 1.26. The molecule has 0 saturated carbocycles. The van der Waals surface area contributed by atoms with Crippen molar-refractivity contribution < 1.29 is 4.39 Å². The highest BCUT2D eigenvalue weighted by atomic mass is 35.5. The van der Waals surface area contributed by atoms with Crippen molar-refractivity contribution in [3.8, 4) is 0 Å². The second-order valence-corrected chi connectivity index (χ2v) is 2.46. The topological polar surface area (TPSA) is 4.36 Å². The number of halogens is 2. The van der Waals surface area contributed by atoms with Gasteiger partial charge in [0.2, 0.25) is 6.54 Å². The Morgan fingerprint density at radius 1 is 1.55 bits per heavy atom. The van der Waals surface area contributed by atoms with Crippen LogP contribution in [0.3, 0.4) is 0 Å². The van der Waals surface area contributed by atoms with Gasteiger partial charge in [0.05, 0.1) is 10.6 Å². The molecule has 0 aromatic heterocycles. The third kappa shape index (κ3) is 1.92. The standard InChI is InChI=1S/C8H5ClFN/c1-11-5-6-4-7(10)2-3-8(6)9/h2-4H,5H2. The molecule has 0 saturated heterocycles. The van der Waals surface area contributed by atoms with E-state index in [9.17, 15) is 4.39 Å². The smallest absolute Gasteiger partial charge is 0.241 e. The number of hydrogen-bond donors (Lipinski definition) is 0. The number of nitrogens with zero attached hydrogens (tertiary/aromatic N) is 1. The number of hydrogen-bond acceptors (Lipinski definition) is 0. The van der Waals surface area contributed by atoms with Gasteiger partial charge in [0.15, 0.2) is 0 Å². The lowest BCUT2D eigenvalue weighted by Gasteiger charge is -1.95. The summed E-state index contributed by atoms with van der Waals surface area (Å²) < 4.78 is 12.5. The zero-order valence-corrected chi connectivity index (χ0v) is 6.40. The molecule has 1 rings (SSSR count).